The number of nitrogens with zero attached hydrogens (tertiary/aromatic N) is 1. The molecular weight excluding hydrogens is 358 g/mol. The summed E-state index contributed by atoms with van der Waals surface area (Å²) in [5, 5.41) is 9.24. The topological polar surface area (TPSA) is 93.1 Å². The van der Waals surface area contributed by atoms with Gasteiger partial charge < -0.3 is 14.6 Å². The standard InChI is InChI=1S/C15H18ClNO6S/c1-9-2-3-10(15(18)19)8-17(9)24(20,21)14-7-13-12(6-11(14)16)22-4-5-23-13/h6-7,9-10H,2-5,8H2,1H3,(H,18,19). The van der Waals surface area contributed by atoms with Gasteiger partial charge in [0.2, 0.25) is 10.0 Å². The number of carboxylic acid groups (broad SMARTS) is 1. The van der Waals surface area contributed by atoms with E-state index < -0.39 is 21.9 Å². The molecule has 0 amide bonds. The number of carboxylic acids is 1. The fraction of sp³-hybridized carbons (Fsp3) is 0.533. The lowest BCUT2D eigenvalue weighted by Crippen LogP contribution is -2.47. The van der Waals surface area contributed by atoms with Crippen molar-refractivity contribution in [2.24, 2.45) is 5.92 Å². The Bertz CT molecular complexity index is 765. The molecule has 1 aromatic carbocycles. The number of piperidine rings is 1. The number of carbonyl (C=O) groups is 1. The molecular formula is C15H18ClNO6S. The molecule has 1 fully saturated rings. The SMILES string of the molecule is CC1CCC(C(=O)O)CN1S(=O)(=O)c1cc2c(cc1Cl)OCCO2. The van der Waals surface area contributed by atoms with Crippen molar-refractivity contribution in [1.29, 1.82) is 0 Å². The Morgan fingerprint density at radius 1 is 1.25 bits per heavy atom. The number of sulfonamides is 1. The zero-order valence-electron chi connectivity index (χ0n) is 13.1. The predicted molar refractivity (Wildman–Crippen MR) is 86.2 cm³/mol. The second-order valence-electron chi connectivity index (χ2n) is 5.96. The quantitative estimate of drug-likeness (QED) is 0.868. The first kappa shape index (κ1) is 17.3. The van der Waals surface area contributed by atoms with E-state index in [1.807, 2.05) is 0 Å². The summed E-state index contributed by atoms with van der Waals surface area (Å²) in [6, 6.07) is 2.48. The summed E-state index contributed by atoms with van der Waals surface area (Å²) in [7, 11) is -3.94. The number of hydrogen-bond donors (Lipinski definition) is 1. The molecule has 1 saturated heterocycles. The monoisotopic (exact) mass is 375 g/mol. The van der Waals surface area contributed by atoms with Crippen molar-refractivity contribution in [3.63, 3.8) is 0 Å². The predicted octanol–water partition coefficient (Wildman–Crippen LogP) is 1.98. The lowest BCUT2D eigenvalue weighted by atomic mass is 9.96. The van der Waals surface area contributed by atoms with E-state index in [-0.39, 0.29) is 22.5 Å². The first-order valence-electron chi connectivity index (χ1n) is 7.64. The number of rotatable bonds is 3. The Balaban J connectivity index is 1.99. The maximum Gasteiger partial charge on any atom is 0.307 e. The minimum absolute atomic E-state index is 0.0314. The molecule has 2 atom stereocenters. The van der Waals surface area contributed by atoms with Crippen LogP contribution in [0.25, 0.3) is 0 Å². The van der Waals surface area contributed by atoms with E-state index in [0.29, 0.717) is 37.6 Å². The molecule has 0 bridgehead atoms. The van der Waals surface area contributed by atoms with Gasteiger partial charge in [0.05, 0.1) is 10.9 Å². The molecule has 0 aromatic heterocycles. The highest BCUT2D eigenvalue weighted by Gasteiger charge is 2.38. The molecule has 2 aliphatic rings. The third-order valence-electron chi connectivity index (χ3n) is 4.36. The van der Waals surface area contributed by atoms with Crippen LogP contribution in [0, 0.1) is 5.92 Å². The molecule has 1 aromatic rings. The Hall–Kier alpha value is -1.51. The van der Waals surface area contributed by atoms with Crippen molar-refractivity contribution in [3.05, 3.63) is 17.2 Å². The molecule has 2 heterocycles. The summed E-state index contributed by atoms with van der Waals surface area (Å²) in [5.74, 6) is -0.980. The summed E-state index contributed by atoms with van der Waals surface area (Å²) in [6.45, 7) is 2.40. The molecule has 1 N–H and O–H groups in total. The molecule has 3 rings (SSSR count). The smallest absolute Gasteiger partial charge is 0.307 e. The van der Waals surface area contributed by atoms with Crippen molar-refractivity contribution in [2.45, 2.75) is 30.7 Å². The molecule has 132 valence electrons. The largest absolute Gasteiger partial charge is 0.486 e. The van der Waals surface area contributed by atoms with Crippen molar-refractivity contribution in [1.82, 2.24) is 4.31 Å². The Morgan fingerprint density at radius 2 is 1.88 bits per heavy atom. The van der Waals surface area contributed by atoms with Crippen molar-refractivity contribution >= 4 is 27.6 Å². The molecule has 7 nitrogen and oxygen atoms in total. The molecule has 0 aliphatic carbocycles. The zero-order valence-corrected chi connectivity index (χ0v) is 14.6. The van der Waals surface area contributed by atoms with E-state index in [1.54, 1.807) is 6.92 Å². The van der Waals surface area contributed by atoms with Crippen LogP contribution in [0.3, 0.4) is 0 Å². The molecule has 24 heavy (non-hydrogen) atoms. The van der Waals surface area contributed by atoms with Gasteiger partial charge in [-0.3, -0.25) is 4.79 Å². The fourth-order valence-electron chi connectivity index (χ4n) is 2.98. The van der Waals surface area contributed by atoms with Gasteiger partial charge in [-0.05, 0) is 19.8 Å². The summed E-state index contributed by atoms with van der Waals surface area (Å²) in [6.07, 6.45) is 0.940. The average Bonchev–Trinajstić information content (AvgIpc) is 2.54. The van der Waals surface area contributed by atoms with Gasteiger partial charge in [0.25, 0.3) is 0 Å². The van der Waals surface area contributed by atoms with Crippen molar-refractivity contribution in [3.8, 4) is 11.5 Å². The highest BCUT2D eigenvalue weighted by Crippen LogP contribution is 2.39. The van der Waals surface area contributed by atoms with Crippen molar-refractivity contribution < 1.29 is 27.8 Å². The number of halogens is 1. The molecule has 0 saturated carbocycles. The maximum absolute atomic E-state index is 13.0. The minimum Gasteiger partial charge on any atom is -0.486 e. The molecule has 9 heteroatoms. The van der Waals surface area contributed by atoms with Gasteiger partial charge in [0.1, 0.15) is 18.1 Å². The van der Waals surface area contributed by atoms with Gasteiger partial charge in [-0.1, -0.05) is 11.6 Å². The van der Waals surface area contributed by atoms with Gasteiger partial charge in [-0.25, -0.2) is 8.42 Å². The molecule has 0 spiro atoms. The van der Waals surface area contributed by atoms with Crippen LogP contribution < -0.4 is 9.47 Å². The van der Waals surface area contributed by atoms with Gasteiger partial charge in [0, 0.05) is 24.7 Å². The maximum atomic E-state index is 13.0. The second kappa shape index (κ2) is 6.42. The van der Waals surface area contributed by atoms with Crippen LogP contribution in [-0.2, 0) is 14.8 Å². The third kappa shape index (κ3) is 3.05. The highest BCUT2D eigenvalue weighted by atomic mass is 35.5. The number of ether oxygens (including phenoxy) is 2. The number of benzene rings is 1. The fourth-order valence-corrected chi connectivity index (χ4v) is 5.20. The Morgan fingerprint density at radius 3 is 2.50 bits per heavy atom. The van der Waals surface area contributed by atoms with E-state index in [9.17, 15) is 18.3 Å². The van der Waals surface area contributed by atoms with Crippen LogP contribution in [0.2, 0.25) is 5.02 Å². The average molecular weight is 376 g/mol. The van der Waals surface area contributed by atoms with Gasteiger partial charge in [-0.2, -0.15) is 4.31 Å². The van der Waals surface area contributed by atoms with E-state index in [1.165, 1.54) is 16.4 Å². The molecule has 0 radical (unpaired) electrons. The second-order valence-corrected chi connectivity index (χ2v) is 8.23. The zero-order chi connectivity index (χ0) is 17.5. The van der Waals surface area contributed by atoms with Crippen LogP contribution in [-0.4, -0.2) is 49.6 Å². The molecule has 2 aliphatic heterocycles. The third-order valence-corrected chi connectivity index (χ3v) is 6.80. The van der Waals surface area contributed by atoms with Crippen molar-refractivity contribution in [2.75, 3.05) is 19.8 Å². The van der Waals surface area contributed by atoms with E-state index in [0.717, 1.165) is 0 Å². The highest BCUT2D eigenvalue weighted by molar-refractivity contribution is 7.89. The van der Waals surface area contributed by atoms with E-state index >= 15 is 0 Å². The van der Waals surface area contributed by atoms with E-state index in [2.05, 4.69) is 0 Å². The van der Waals surface area contributed by atoms with Crippen LogP contribution in [0.5, 0.6) is 11.5 Å². The summed E-state index contributed by atoms with van der Waals surface area (Å²) < 4.78 is 38.1. The summed E-state index contributed by atoms with van der Waals surface area (Å²) in [5.41, 5.74) is 0. The van der Waals surface area contributed by atoms with Gasteiger partial charge >= 0.3 is 5.97 Å². The Kier molecular flexibility index (Phi) is 4.63. The number of aliphatic carboxylic acids is 1. The Labute approximate surface area is 145 Å². The van der Waals surface area contributed by atoms with Crippen LogP contribution in [0.15, 0.2) is 17.0 Å². The number of hydrogen-bond acceptors (Lipinski definition) is 5. The van der Waals surface area contributed by atoms with Gasteiger partial charge in [-0.15, -0.1) is 0 Å². The normalized spacial score (nSPS) is 24.6. The molecule has 2 unspecified atom stereocenters. The lowest BCUT2D eigenvalue weighted by molar-refractivity contribution is -0.143. The van der Waals surface area contributed by atoms with Crippen LogP contribution in [0.4, 0.5) is 0 Å². The summed E-state index contributed by atoms with van der Waals surface area (Å²) in [4.78, 5) is 11.2. The number of fused-ring (bicyclic) bond motifs is 1. The lowest BCUT2D eigenvalue weighted by Gasteiger charge is -2.35. The summed E-state index contributed by atoms with van der Waals surface area (Å²) >= 11 is 6.15. The van der Waals surface area contributed by atoms with Gasteiger partial charge in [0.15, 0.2) is 11.5 Å². The first-order valence-corrected chi connectivity index (χ1v) is 9.46. The van der Waals surface area contributed by atoms with E-state index in [4.69, 9.17) is 21.1 Å². The van der Waals surface area contributed by atoms with Crippen LogP contribution in [0.1, 0.15) is 19.8 Å². The minimum atomic E-state index is -3.94. The van der Waals surface area contributed by atoms with Crippen LogP contribution >= 0.6 is 11.6 Å². The first-order chi connectivity index (χ1) is 11.3.